The topological polar surface area (TPSA) is 64.8 Å². The van der Waals surface area contributed by atoms with Gasteiger partial charge in [-0.3, -0.25) is 4.79 Å². The number of nitrogens with two attached hydrogens (primary N) is 1. The lowest BCUT2D eigenvalue weighted by Gasteiger charge is -2.34. The molecule has 5 nitrogen and oxygen atoms in total. The van der Waals surface area contributed by atoms with Gasteiger partial charge in [-0.2, -0.15) is 0 Å². The van der Waals surface area contributed by atoms with Crippen LogP contribution >= 0.6 is 12.4 Å². The lowest BCUT2D eigenvalue weighted by Crippen LogP contribution is -2.51. The van der Waals surface area contributed by atoms with E-state index in [4.69, 9.17) is 15.2 Å². The average Bonchev–Trinajstić information content (AvgIpc) is 2.30. The van der Waals surface area contributed by atoms with Crippen molar-refractivity contribution in [1.29, 1.82) is 0 Å². The zero-order valence-electron chi connectivity index (χ0n) is 9.85. The van der Waals surface area contributed by atoms with Gasteiger partial charge in [0.05, 0.1) is 12.7 Å². The highest BCUT2D eigenvalue weighted by atomic mass is 35.5. The normalized spacial score (nSPS) is 22.4. The highest BCUT2D eigenvalue weighted by molar-refractivity contribution is 5.85. The van der Waals surface area contributed by atoms with E-state index < -0.39 is 6.10 Å². The quantitative estimate of drug-likeness (QED) is 0.766. The Labute approximate surface area is 103 Å². The fourth-order valence-corrected chi connectivity index (χ4v) is 1.67. The summed E-state index contributed by atoms with van der Waals surface area (Å²) in [5, 5.41) is 0. The highest BCUT2D eigenvalue weighted by Crippen LogP contribution is 2.10. The molecule has 1 amide bonds. The first kappa shape index (κ1) is 15.6. The largest absolute Gasteiger partial charge is 0.375 e. The number of hydrogen-bond acceptors (Lipinski definition) is 4. The summed E-state index contributed by atoms with van der Waals surface area (Å²) in [5.41, 5.74) is 5.45. The van der Waals surface area contributed by atoms with Crippen LogP contribution in [0.1, 0.15) is 13.3 Å². The lowest BCUT2D eigenvalue weighted by atomic mass is 10.2. The molecule has 2 atom stereocenters. The third-order valence-electron chi connectivity index (χ3n) is 2.68. The third kappa shape index (κ3) is 3.90. The van der Waals surface area contributed by atoms with Gasteiger partial charge in [0.2, 0.25) is 0 Å². The Balaban J connectivity index is 0.00000225. The number of methoxy groups -OCH3 is 1. The Morgan fingerprint density at radius 3 is 2.88 bits per heavy atom. The lowest BCUT2D eigenvalue weighted by molar-refractivity contribution is -0.148. The predicted molar refractivity (Wildman–Crippen MR) is 63.7 cm³/mol. The molecule has 1 saturated heterocycles. The molecule has 0 aromatic carbocycles. The molecule has 2 N–H and O–H groups in total. The van der Waals surface area contributed by atoms with E-state index in [0.717, 1.165) is 6.42 Å². The van der Waals surface area contributed by atoms with Crippen molar-refractivity contribution < 1.29 is 14.3 Å². The molecule has 0 aromatic heterocycles. The molecule has 0 radical (unpaired) electrons. The molecule has 0 saturated carbocycles. The number of halogens is 1. The fourth-order valence-electron chi connectivity index (χ4n) is 1.67. The molecule has 1 fully saturated rings. The summed E-state index contributed by atoms with van der Waals surface area (Å²) < 4.78 is 10.5. The van der Waals surface area contributed by atoms with Crippen LogP contribution < -0.4 is 5.73 Å². The Hall–Kier alpha value is -0.360. The van der Waals surface area contributed by atoms with E-state index in [9.17, 15) is 4.79 Å². The Morgan fingerprint density at radius 1 is 1.69 bits per heavy atom. The molecule has 1 aliphatic heterocycles. The van der Waals surface area contributed by atoms with Gasteiger partial charge in [-0.15, -0.1) is 12.4 Å². The summed E-state index contributed by atoms with van der Waals surface area (Å²) in [4.78, 5) is 13.7. The number of ether oxygens (including phenoxy) is 2. The van der Waals surface area contributed by atoms with Crippen molar-refractivity contribution >= 4 is 18.3 Å². The standard InChI is InChI=1S/C10H20N2O3.ClH/c1-3-8-7-12(4-5-15-8)10(13)9(6-11)14-2;/h8-9H,3-7,11H2,1-2H3;1H. The predicted octanol–water partition coefficient (Wildman–Crippen LogP) is 0.0193. The third-order valence-corrected chi connectivity index (χ3v) is 2.68. The second kappa shape index (κ2) is 7.84. The minimum absolute atomic E-state index is 0. The molecule has 1 aliphatic rings. The molecule has 1 rings (SSSR count). The van der Waals surface area contributed by atoms with Gasteiger partial charge in [0, 0.05) is 26.7 Å². The number of nitrogens with zero attached hydrogens (tertiary/aromatic N) is 1. The zero-order valence-corrected chi connectivity index (χ0v) is 10.7. The number of morpholine rings is 1. The number of hydrogen-bond donors (Lipinski definition) is 1. The van der Waals surface area contributed by atoms with Crippen LogP contribution in [0.15, 0.2) is 0 Å². The summed E-state index contributed by atoms with van der Waals surface area (Å²) in [7, 11) is 1.51. The molecule has 0 aromatic rings. The van der Waals surface area contributed by atoms with E-state index in [1.807, 2.05) is 0 Å². The summed E-state index contributed by atoms with van der Waals surface area (Å²) >= 11 is 0. The van der Waals surface area contributed by atoms with Crippen LogP contribution in [0.4, 0.5) is 0 Å². The maximum Gasteiger partial charge on any atom is 0.253 e. The van der Waals surface area contributed by atoms with Crippen LogP contribution in [-0.2, 0) is 14.3 Å². The smallest absolute Gasteiger partial charge is 0.253 e. The molecule has 0 spiro atoms. The molecule has 0 bridgehead atoms. The summed E-state index contributed by atoms with van der Waals surface area (Å²) in [6.07, 6.45) is 0.558. The van der Waals surface area contributed by atoms with Gasteiger partial charge < -0.3 is 20.1 Å². The van der Waals surface area contributed by atoms with Gasteiger partial charge in [0.15, 0.2) is 0 Å². The van der Waals surface area contributed by atoms with Gasteiger partial charge >= 0.3 is 0 Å². The summed E-state index contributed by atoms with van der Waals surface area (Å²) in [5.74, 6) is -0.0262. The molecular weight excluding hydrogens is 232 g/mol. The van der Waals surface area contributed by atoms with Crippen LogP contribution in [0.25, 0.3) is 0 Å². The van der Waals surface area contributed by atoms with Crippen LogP contribution in [0.5, 0.6) is 0 Å². The first-order valence-corrected chi connectivity index (χ1v) is 5.36. The molecule has 1 heterocycles. The van der Waals surface area contributed by atoms with Crippen molar-refractivity contribution in [3.8, 4) is 0 Å². The van der Waals surface area contributed by atoms with Crippen molar-refractivity contribution in [3.05, 3.63) is 0 Å². The first-order chi connectivity index (χ1) is 7.22. The SMILES string of the molecule is CCC1CN(C(=O)C(CN)OC)CCO1.Cl. The maximum absolute atomic E-state index is 11.9. The minimum Gasteiger partial charge on any atom is -0.375 e. The van der Waals surface area contributed by atoms with Crippen LogP contribution in [-0.4, -0.2) is 56.4 Å². The van der Waals surface area contributed by atoms with E-state index in [0.29, 0.717) is 19.7 Å². The molecule has 16 heavy (non-hydrogen) atoms. The monoisotopic (exact) mass is 252 g/mol. The number of carbonyl (C=O) groups is 1. The van der Waals surface area contributed by atoms with E-state index in [-0.39, 0.29) is 31.0 Å². The second-order valence-corrected chi connectivity index (χ2v) is 3.65. The first-order valence-electron chi connectivity index (χ1n) is 5.36. The number of carbonyl (C=O) groups excluding carboxylic acids is 1. The van der Waals surface area contributed by atoms with E-state index in [1.54, 1.807) is 4.90 Å². The van der Waals surface area contributed by atoms with E-state index in [2.05, 4.69) is 6.92 Å². The van der Waals surface area contributed by atoms with Crippen LogP contribution in [0.3, 0.4) is 0 Å². The zero-order chi connectivity index (χ0) is 11.3. The average molecular weight is 253 g/mol. The second-order valence-electron chi connectivity index (χ2n) is 3.65. The van der Waals surface area contributed by atoms with Crippen molar-refractivity contribution in [3.63, 3.8) is 0 Å². The van der Waals surface area contributed by atoms with E-state index >= 15 is 0 Å². The summed E-state index contributed by atoms with van der Waals surface area (Å²) in [6, 6.07) is 0. The van der Waals surface area contributed by atoms with Crippen LogP contribution in [0, 0.1) is 0 Å². The maximum atomic E-state index is 11.9. The van der Waals surface area contributed by atoms with Gasteiger partial charge in [-0.1, -0.05) is 6.92 Å². The fraction of sp³-hybridized carbons (Fsp3) is 0.900. The van der Waals surface area contributed by atoms with Crippen molar-refractivity contribution in [2.24, 2.45) is 5.73 Å². The van der Waals surface area contributed by atoms with Gasteiger partial charge in [-0.25, -0.2) is 0 Å². The van der Waals surface area contributed by atoms with Gasteiger partial charge in [0.25, 0.3) is 5.91 Å². The molecular formula is C10H21ClN2O3. The Morgan fingerprint density at radius 2 is 2.38 bits per heavy atom. The van der Waals surface area contributed by atoms with Crippen molar-refractivity contribution in [2.45, 2.75) is 25.6 Å². The molecule has 0 aliphatic carbocycles. The number of rotatable bonds is 4. The van der Waals surface area contributed by atoms with E-state index in [1.165, 1.54) is 7.11 Å². The summed E-state index contributed by atoms with van der Waals surface area (Å²) in [6.45, 7) is 4.16. The Kier molecular flexibility index (Phi) is 7.66. The minimum atomic E-state index is -0.513. The van der Waals surface area contributed by atoms with Crippen LogP contribution in [0.2, 0.25) is 0 Å². The van der Waals surface area contributed by atoms with Gasteiger partial charge in [-0.05, 0) is 6.42 Å². The van der Waals surface area contributed by atoms with Crippen molar-refractivity contribution in [1.82, 2.24) is 4.90 Å². The molecule has 6 heteroatoms. The number of amides is 1. The Bertz CT molecular complexity index is 212. The highest BCUT2D eigenvalue weighted by Gasteiger charge is 2.27. The van der Waals surface area contributed by atoms with Gasteiger partial charge in [0.1, 0.15) is 6.10 Å². The molecule has 96 valence electrons. The molecule has 2 unspecified atom stereocenters. The van der Waals surface area contributed by atoms with Crippen molar-refractivity contribution in [2.75, 3.05) is 33.4 Å².